The number of para-hydroxylation sites is 2. The summed E-state index contributed by atoms with van der Waals surface area (Å²) in [5.41, 5.74) is 2.72. The summed E-state index contributed by atoms with van der Waals surface area (Å²) < 4.78 is 1.81. The van der Waals surface area contributed by atoms with Crippen LogP contribution in [0.5, 0.6) is 0 Å². The van der Waals surface area contributed by atoms with Crippen molar-refractivity contribution in [3.05, 3.63) is 101 Å². The van der Waals surface area contributed by atoms with E-state index in [1.807, 2.05) is 89.5 Å². The number of nitrogens with zero attached hydrogens (tertiary/aromatic N) is 2. The smallest absolute Gasteiger partial charge is 0.284 e. The molecule has 4 rings (SSSR count). The van der Waals surface area contributed by atoms with Crippen molar-refractivity contribution in [2.45, 2.75) is 16.5 Å². The van der Waals surface area contributed by atoms with E-state index in [1.165, 1.54) is 11.8 Å². The average molecular weight is 344 g/mol. The number of hydrogen-bond donors (Lipinski definition) is 0. The van der Waals surface area contributed by atoms with Crippen molar-refractivity contribution in [2.75, 3.05) is 0 Å². The lowest BCUT2D eigenvalue weighted by Gasteiger charge is -2.12. The zero-order chi connectivity index (χ0) is 17.1. The first-order valence-electron chi connectivity index (χ1n) is 8.08. The van der Waals surface area contributed by atoms with Crippen LogP contribution in [-0.2, 0) is 6.54 Å². The van der Waals surface area contributed by atoms with Crippen LogP contribution in [0.1, 0.15) is 5.56 Å². The lowest BCUT2D eigenvalue weighted by molar-refractivity contribution is 0.758. The molecule has 4 heteroatoms. The lowest BCUT2D eigenvalue weighted by atomic mass is 10.2. The van der Waals surface area contributed by atoms with Crippen LogP contribution in [0, 0.1) is 0 Å². The zero-order valence-electron chi connectivity index (χ0n) is 13.5. The summed E-state index contributed by atoms with van der Waals surface area (Å²) in [6.45, 7) is 0.533. The fourth-order valence-corrected chi connectivity index (χ4v) is 3.62. The molecular formula is C21H16N2OS. The molecule has 3 aromatic carbocycles. The number of aromatic nitrogens is 2. The molecule has 25 heavy (non-hydrogen) atoms. The van der Waals surface area contributed by atoms with Crippen LogP contribution >= 0.6 is 11.8 Å². The van der Waals surface area contributed by atoms with Gasteiger partial charge in [0.1, 0.15) is 0 Å². The van der Waals surface area contributed by atoms with E-state index in [4.69, 9.17) is 0 Å². The van der Waals surface area contributed by atoms with Crippen LogP contribution in [0.25, 0.3) is 11.0 Å². The fraction of sp³-hybridized carbons (Fsp3) is 0.0476. The maximum absolute atomic E-state index is 13.1. The minimum Gasteiger partial charge on any atom is -0.300 e. The molecule has 3 nitrogen and oxygen atoms in total. The SMILES string of the molecule is O=c1c(Sc2ccccc2)nc2ccccc2n1Cc1ccccc1. The summed E-state index contributed by atoms with van der Waals surface area (Å²) in [4.78, 5) is 18.7. The van der Waals surface area contributed by atoms with Crippen molar-refractivity contribution < 1.29 is 0 Å². The summed E-state index contributed by atoms with van der Waals surface area (Å²) in [6, 6.07) is 27.7. The molecular weight excluding hydrogens is 328 g/mol. The van der Waals surface area contributed by atoms with Crippen LogP contribution in [0.15, 0.2) is 99.6 Å². The second-order valence-electron chi connectivity index (χ2n) is 5.70. The van der Waals surface area contributed by atoms with Crippen LogP contribution in [0.4, 0.5) is 0 Å². The van der Waals surface area contributed by atoms with Crippen LogP contribution in [0.2, 0.25) is 0 Å². The highest BCUT2D eigenvalue weighted by Gasteiger charge is 2.12. The zero-order valence-corrected chi connectivity index (χ0v) is 14.3. The highest BCUT2D eigenvalue weighted by atomic mass is 32.2. The van der Waals surface area contributed by atoms with Crippen molar-refractivity contribution in [1.82, 2.24) is 9.55 Å². The summed E-state index contributed by atoms with van der Waals surface area (Å²) in [5.74, 6) is 0. The Balaban J connectivity index is 1.85. The summed E-state index contributed by atoms with van der Waals surface area (Å²) >= 11 is 1.41. The van der Waals surface area contributed by atoms with E-state index in [0.29, 0.717) is 11.6 Å². The van der Waals surface area contributed by atoms with Crippen LogP contribution < -0.4 is 5.56 Å². The molecule has 0 unspecified atom stereocenters. The minimum atomic E-state index is -0.0589. The molecule has 0 bridgehead atoms. The van der Waals surface area contributed by atoms with Gasteiger partial charge in [-0.1, -0.05) is 72.4 Å². The van der Waals surface area contributed by atoms with Gasteiger partial charge in [-0.3, -0.25) is 9.36 Å². The molecule has 122 valence electrons. The Morgan fingerprint density at radius 2 is 1.44 bits per heavy atom. The van der Waals surface area contributed by atoms with Crippen LogP contribution in [-0.4, -0.2) is 9.55 Å². The molecule has 0 saturated carbocycles. The Morgan fingerprint density at radius 1 is 0.800 bits per heavy atom. The van der Waals surface area contributed by atoms with Gasteiger partial charge in [0.15, 0.2) is 5.03 Å². The maximum atomic E-state index is 13.1. The monoisotopic (exact) mass is 344 g/mol. The molecule has 0 spiro atoms. The molecule has 0 amide bonds. The first kappa shape index (κ1) is 15.7. The quantitative estimate of drug-likeness (QED) is 0.543. The standard InChI is InChI=1S/C21H16N2OS/c24-21-20(25-17-11-5-2-6-12-17)22-18-13-7-8-14-19(18)23(21)15-16-9-3-1-4-10-16/h1-14H,15H2. The summed E-state index contributed by atoms with van der Waals surface area (Å²) in [5, 5.41) is 0.501. The van der Waals surface area contributed by atoms with E-state index in [-0.39, 0.29) is 5.56 Å². The van der Waals surface area contributed by atoms with E-state index in [0.717, 1.165) is 21.5 Å². The van der Waals surface area contributed by atoms with Gasteiger partial charge in [-0.15, -0.1) is 0 Å². The Hall–Kier alpha value is -2.85. The molecule has 0 aliphatic heterocycles. The molecule has 0 aliphatic carbocycles. The van der Waals surface area contributed by atoms with Gasteiger partial charge in [0.2, 0.25) is 0 Å². The molecule has 0 radical (unpaired) electrons. The van der Waals surface area contributed by atoms with E-state index in [2.05, 4.69) is 4.98 Å². The highest BCUT2D eigenvalue weighted by Crippen LogP contribution is 2.25. The highest BCUT2D eigenvalue weighted by molar-refractivity contribution is 7.99. The Kier molecular flexibility index (Phi) is 4.36. The van der Waals surface area contributed by atoms with Crippen molar-refractivity contribution in [2.24, 2.45) is 0 Å². The molecule has 0 atom stereocenters. The number of fused-ring (bicyclic) bond motifs is 1. The minimum absolute atomic E-state index is 0.0589. The van der Waals surface area contributed by atoms with Crippen molar-refractivity contribution in [1.29, 1.82) is 0 Å². The first-order valence-corrected chi connectivity index (χ1v) is 8.89. The van der Waals surface area contributed by atoms with Gasteiger partial charge in [-0.2, -0.15) is 0 Å². The fourth-order valence-electron chi connectivity index (χ4n) is 2.76. The van der Waals surface area contributed by atoms with E-state index < -0.39 is 0 Å². The Bertz CT molecular complexity index is 1060. The van der Waals surface area contributed by atoms with Crippen molar-refractivity contribution in [3.63, 3.8) is 0 Å². The van der Waals surface area contributed by atoms with Gasteiger partial charge in [-0.25, -0.2) is 4.98 Å². The lowest BCUT2D eigenvalue weighted by Crippen LogP contribution is -2.24. The summed E-state index contributed by atoms with van der Waals surface area (Å²) in [6.07, 6.45) is 0. The van der Waals surface area contributed by atoms with Crippen LogP contribution in [0.3, 0.4) is 0 Å². The second kappa shape index (κ2) is 6.95. The van der Waals surface area contributed by atoms with Gasteiger partial charge in [-0.05, 0) is 29.8 Å². The van der Waals surface area contributed by atoms with Gasteiger partial charge in [0.05, 0.1) is 17.6 Å². The third-order valence-electron chi connectivity index (χ3n) is 3.96. The van der Waals surface area contributed by atoms with Crippen molar-refractivity contribution >= 4 is 22.8 Å². The Labute approximate surface area is 150 Å². The maximum Gasteiger partial charge on any atom is 0.284 e. The normalized spacial score (nSPS) is 10.9. The molecule has 0 saturated heterocycles. The van der Waals surface area contributed by atoms with E-state index in [1.54, 1.807) is 0 Å². The molecule has 0 aliphatic rings. The Morgan fingerprint density at radius 3 is 2.20 bits per heavy atom. The van der Waals surface area contributed by atoms with Gasteiger partial charge >= 0.3 is 0 Å². The second-order valence-corrected chi connectivity index (χ2v) is 6.76. The van der Waals surface area contributed by atoms with Gasteiger partial charge < -0.3 is 0 Å². The molecule has 4 aromatic rings. The van der Waals surface area contributed by atoms with E-state index >= 15 is 0 Å². The molecule has 0 fully saturated rings. The molecule has 0 N–H and O–H groups in total. The predicted molar refractivity (Wildman–Crippen MR) is 102 cm³/mol. The first-order chi connectivity index (χ1) is 12.3. The third-order valence-corrected chi connectivity index (χ3v) is 4.93. The average Bonchev–Trinajstić information content (AvgIpc) is 2.67. The summed E-state index contributed by atoms with van der Waals surface area (Å²) in [7, 11) is 0. The third kappa shape index (κ3) is 3.35. The largest absolute Gasteiger partial charge is 0.300 e. The van der Waals surface area contributed by atoms with Gasteiger partial charge in [0.25, 0.3) is 5.56 Å². The predicted octanol–water partition coefficient (Wildman–Crippen LogP) is 4.60. The number of benzene rings is 3. The number of rotatable bonds is 4. The molecule has 1 aromatic heterocycles. The molecule has 1 heterocycles. The van der Waals surface area contributed by atoms with Gasteiger partial charge in [0, 0.05) is 4.90 Å². The number of hydrogen-bond acceptors (Lipinski definition) is 3. The van der Waals surface area contributed by atoms with E-state index in [9.17, 15) is 4.79 Å². The van der Waals surface area contributed by atoms with Crippen molar-refractivity contribution in [3.8, 4) is 0 Å². The topological polar surface area (TPSA) is 34.9 Å².